The molecular weight excluding hydrogens is 212 g/mol. The van der Waals surface area contributed by atoms with E-state index in [0.717, 1.165) is 30.9 Å². The normalized spacial score (nSPS) is 14.4. The van der Waals surface area contributed by atoms with Crippen LogP contribution in [-0.4, -0.2) is 22.6 Å². The summed E-state index contributed by atoms with van der Waals surface area (Å²) >= 11 is 0. The molecule has 0 aromatic carbocycles. The summed E-state index contributed by atoms with van der Waals surface area (Å²) in [5, 5.41) is 8.69. The van der Waals surface area contributed by atoms with Crippen LogP contribution in [0.5, 0.6) is 0 Å². The van der Waals surface area contributed by atoms with E-state index >= 15 is 0 Å². The van der Waals surface area contributed by atoms with Crippen molar-refractivity contribution >= 4 is 5.82 Å². The molecule has 0 aliphatic heterocycles. The second-order valence-electron chi connectivity index (χ2n) is 4.45. The van der Waals surface area contributed by atoms with Gasteiger partial charge in [0.05, 0.1) is 12.5 Å². The van der Waals surface area contributed by atoms with E-state index in [0.29, 0.717) is 12.5 Å². The molecule has 0 bridgehead atoms. The van der Waals surface area contributed by atoms with Crippen LogP contribution in [0.3, 0.4) is 0 Å². The molecule has 1 aromatic heterocycles. The highest BCUT2D eigenvalue weighted by Gasteiger charge is 2.29. The van der Waals surface area contributed by atoms with Crippen molar-refractivity contribution in [3.8, 4) is 6.07 Å². The van der Waals surface area contributed by atoms with Gasteiger partial charge in [0.25, 0.3) is 0 Å². The van der Waals surface area contributed by atoms with E-state index in [1.54, 1.807) is 6.33 Å². The summed E-state index contributed by atoms with van der Waals surface area (Å²) in [4.78, 5) is 10.9. The van der Waals surface area contributed by atoms with Gasteiger partial charge in [-0.25, -0.2) is 9.97 Å². The Bertz CT molecular complexity index is 406. The topological polar surface area (TPSA) is 52.8 Å². The largest absolute Gasteiger partial charge is 0.352 e. The highest BCUT2D eigenvalue weighted by Crippen LogP contribution is 2.30. The van der Waals surface area contributed by atoms with Gasteiger partial charge >= 0.3 is 0 Å². The monoisotopic (exact) mass is 230 g/mol. The van der Waals surface area contributed by atoms with E-state index in [2.05, 4.69) is 33.9 Å². The second-order valence-corrected chi connectivity index (χ2v) is 4.45. The number of aryl methyl sites for hydroxylation is 1. The van der Waals surface area contributed by atoms with Gasteiger partial charge in [0, 0.05) is 24.3 Å². The molecule has 90 valence electrons. The van der Waals surface area contributed by atoms with E-state index < -0.39 is 0 Å². The summed E-state index contributed by atoms with van der Waals surface area (Å²) in [5.74, 6) is 0.987. The van der Waals surface area contributed by atoms with E-state index in [1.165, 1.54) is 12.8 Å². The lowest BCUT2D eigenvalue weighted by Gasteiger charge is -2.22. The maximum absolute atomic E-state index is 8.69. The number of hydrogen-bond donors (Lipinski definition) is 0. The molecule has 2 rings (SSSR count). The third kappa shape index (κ3) is 3.16. The minimum atomic E-state index is 0.559. The summed E-state index contributed by atoms with van der Waals surface area (Å²) in [7, 11) is 0. The molecule has 0 radical (unpaired) electrons. The first kappa shape index (κ1) is 11.8. The number of anilines is 1. The molecule has 1 aromatic rings. The minimum Gasteiger partial charge on any atom is -0.352 e. The molecule has 1 aliphatic rings. The SMILES string of the molecule is CCCc1cc(N(CCC#N)C2CC2)ncn1. The van der Waals surface area contributed by atoms with Gasteiger partial charge in [-0.3, -0.25) is 0 Å². The summed E-state index contributed by atoms with van der Waals surface area (Å²) in [6, 6.07) is 4.86. The number of rotatable bonds is 6. The maximum atomic E-state index is 8.69. The maximum Gasteiger partial charge on any atom is 0.132 e. The van der Waals surface area contributed by atoms with Gasteiger partial charge in [0.1, 0.15) is 12.1 Å². The third-order valence-electron chi connectivity index (χ3n) is 2.96. The quantitative estimate of drug-likeness (QED) is 0.752. The highest BCUT2D eigenvalue weighted by atomic mass is 15.2. The molecule has 1 aliphatic carbocycles. The van der Waals surface area contributed by atoms with Crippen LogP contribution in [0.2, 0.25) is 0 Å². The minimum absolute atomic E-state index is 0.559. The molecule has 4 heteroatoms. The molecule has 1 fully saturated rings. The van der Waals surface area contributed by atoms with E-state index in [-0.39, 0.29) is 0 Å². The predicted octanol–water partition coefficient (Wildman–Crippen LogP) is 2.31. The third-order valence-corrected chi connectivity index (χ3v) is 2.96. The van der Waals surface area contributed by atoms with Gasteiger partial charge in [0.2, 0.25) is 0 Å². The summed E-state index contributed by atoms with van der Waals surface area (Å²) < 4.78 is 0. The fraction of sp³-hybridized carbons (Fsp3) is 0.615. The van der Waals surface area contributed by atoms with Gasteiger partial charge in [-0.1, -0.05) is 13.3 Å². The van der Waals surface area contributed by atoms with E-state index in [4.69, 9.17) is 5.26 Å². The predicted molar refractivity (Wildman–Crippen MR) is 66.6 cm³/mol. The molecule has 0 atom stereocenters. The first-order chi connectivity index (χ1) is 8.35. The number of nitriles is 1. The van der Waals surface area contributed by atoms with Gasteiger partial charge in [-0.2, -0.15) is 5.26 Å². The van der Waals surface area contributed by atoms with Crippen molar-refractivity contribution in [2.24, 2.45) is 0 Å². The first-order valence-electron chi connectivity index (χ1n) is 6.29. The van der Waals surface area contributed by atoms with Crippen molar-refractivity contribution in [1.29, 1.82) is 5.26 Å². The fourth-order valence-corrected chi connectivity index (χ4v) is 1.98. The first-order valence-corrected chi connectivity index (χ1v) is 6.29. The Labute approximate surface area is 102 Å². The Morgan fingerprint density at radius 3 is 2.94 bits per heavy atom. The number of nitrogens with zero attached hydrogens (tertiary/aromatic N) is 4. The fourth-order valence-electron chi connectivity index (χ4n) is 1.98. The summed E-state index contributed by atoms with van der Waals surface area (Å²) in [6.45, 7) is 2.93. The lowest BCUT2D eigenvalue weighted by molar-refractivity contribution is 0.768. The van der Waals surface area contributed by atoms with Crippen LogP contribution in [0.15, 0.2) is 12.4 Å². The van der Waals surface area contributed by atoms with Crippen LogP contribution in [0.1, 0.15) is 38.3 Å². The molecule has 0 amide bonds. The summed E-state index contributed by atoms with van der Waals surface area (Å²) in [6.07, 6.45) is 6.73. The number of aromatic nitrogens is 2. The Balaban J connectivity index is 2.11. The lowest BCUT2D eigenvalue weighted by Crippen LogP contribution is -2.27. The van der Waals surface area contributed by atoms with E-state index in [9.17, 15) is 0 Å². The van der Waals surface area contributed by atoms with E-state index in [1.807, 2.05) is 0 Å². The van der Waals surface area contributed by atoms with Gasteiger partial charge in [0.15, 0.2) is 0 Å². The average molecular weight is 230 g/mol. The Kier molecular flexibility index (Phi) is 3.92. The van der Waals surface area contributed by atoms with Crippen LogP contribution in [0.25, 0.3) is 0 Å². The van der Waals surface area contributed by atoms with Crippen molar-refractivity contribution in [3.63, 3.8) is 0 Å². The van der Waals surface area contributed by atoms with Crippen molar-refractivity contribution in [1.82, 2.24) is 9.97 Å². The highest BCUT2D eigenvalue weighted by molar-refractivity contribution is 5.42. The molecule has 0 N–H and O–H groups in total. The molecule has 4 nitrogen and oxygen atoms in total. The molecule has 17 heavy (non-hydrogen) atoms. The average Bonchev–Trinajstić information content (AvgIpc) is 3.15. The van der Waals surface area contributed by atoms with Crippen molar-refractivity contribution in [3.05, 3.63) is 18.1 Å². The molecular formula is C13H18N4. The van der Waals surface area contributed by atoms with Gasteiger partial charge < -0.3 is 4.90 Å². The second kappa shape index (κ2) is 5.62. The molecule has 1 saturated carbocycles. The molecule has 0 spiro atoms. The smallest absolute Gasteiger partial charge is 0.132 e. The number of hydrogen-bond acceptors (Lipinski definition) is 4. The Hall–Kier alpha value is -1.63. The van der Waals surface area contributed by atoms with Crippen LogP contribution in [0, 0.1) is 11.3 Å². The van der Waals surface area contributed by atoms with Crippen LogP contribution >= 0.6 is 0 Å². The van der Waals surface area contributed by atoms with Crippen molar-refractivity contribution in [2.45, 2.75) is 45.1 Å². The zero-order valence-electron chi connectivity index (χ0n) is 10.3. The lowest BCUT2D eigenvalue weighted by atomic mass is 10.2. The van der Waals surface area contributed by atoms with Crippen molar-refractivity contribution < 1.29 is 0 Å². The zero-order valence-corrected chi connectivity index (χ0v) is 10.3. The molecule has 0 saturated heterocycles. The van der Waals surface area contributed by atoms with Gasteiger partial charge in [-0.05, 0) is 19.3 Å². The zero-order chi connectivity index (χ0) is 12.1. The van der Waals surface area contributed by atoms with Gasteiger partial charge in [-0.15, -0.1) is 0 Å². The molecule has 0 unspecified atom stereocenters. The van der Waals surface area contributed by atoms with Crippen LogP contribution in [0.4, 0.5) is 5.82 Å². The Morgan fingerprint density at radius 2 is 2.29 bits per heavy atom. The molecule has 1 heterocycles. The van der Waals surface area contributed by atoms with Crippen LogP contribution in [-0.2, 0) is 6.42 Å². The van der Waals surface area contributed by atoms with Crippen molar-refractivity contribution in [2.75, 3.05) is 11.4 Å². The standard InChI is InChI=1S/C13H18N4/c1-2-4-11-9-13(16-10-15-11)17(8-3-7-14)12-5-6-12/h9-10,12H,2-6,8H2,1H3. The van der Waals surface area contributed by atoms with Crippen LogP contribution < -0.4 is 4.90 Å². The Morgan fingerprint density at radius 1 is 1.47 bits per heavy atom. The summed E-state index contributed by atoms with van der Waals surface area (Å²) in [5.41, 5.74) is 1.10.